The van der Waals surface area contributed by atoms with Crippen LogP contribution < -0.4 is 0 Å². The molecule has 4 heavy (non-hydrogen) atoms. The van der Waals surface area contributed by atoms with Gasteiger partial charge < -0.3 is 2.85 Å². The molecule has 0 saturated heterocycles. The minimum absolute atomic E-state index is 0. The van der Waals surface area contributed by atoms with Crippen LogP contribution in [0.3, 0.4) is 0 Å². The van der Waals surface area contributed by atoms with Crippen LogP contribution in [-0.2, 0) is 0 Å². The Labute approximate surface area is 62.5 Å². The zero-order valence-electron chi connectivity index (χ0n) is 4.27. The molecule has 22 valence electrons. The maximum Gasteiger partial charge on any atom is 2.00 e. The van der Waals surface area contributed by atoms with Crippen LogP contribution in [0.2, 0.25) is 0 Å². The van der Waals surface area contributed by atoms with Crippen molar-refractivity contribution in [3.05, 3.63) is 0 Å². The van der Waals surface area contributed by atoms with Gasteiger partial charge in [0.1, 0.15) is 0 Å². The molecule has 0 bridgehead atoms. The van der Waals surface area contributed by atoms with Gasteiger partial charge in [0, 0.05) is 0 Å². The first kappa shape index (κ1) is 19.7. The summed E-state index contributed by atoms with van der Waals surface area (Å²) >= 11 is 0. The molecule has 0 heterocycles. The van der Waals surface area contributed by atoms with Crippen LogP contribution >= 0.6 is 24.0 Å². The van der Waals surface area contributed by atoms with Gasteiger partial charge in [0.05, 0.1) is 0 Å². The van der Waals surface area contributed by atoms with Crippen LogP contribution in [-0.4, -0.2) is 23.1 Å². The van der Waals surface area contributed by atoms with E-state index in [0.29, 0.717) is 0 Å². The molecule has 0 aromatic heterocycles. The molecule has 0 fully saturated rings. The van der Waals surface area contributed by atoms with Crippen LogP contribution in [0, 0.1) is 12.8 Å². The van der Waals surface area contributed by atoms with Crippen molar-refractivity contribution in [1.29, 1.82) is 0 Å². The van der Waals surface area contributed by atoms with E-state index in [9.17, 15) is 0 Å². The first-order valence-corrected chi connectivity index (χ1v) is 0.333. The van der Waals surface area contributed by atoms with E-state index in [4.69, 9.17) is 0 Å². The summed E-state index contributed by atoms with van der Waals surface area (Å²) in [6.45, 7) is 0. The van der Waals surface area contributed by atoms with Crippen molar-refractivity contribution in [2.24, 2.45) is 0 Å². The van der Waals surface area contributed by atoms with E-state index in [1.54, 1.807) is 0 Å². The third-order valence-electron chi connectivity index (χ3n) is 0. The van der Waals surface area contributed by atoms with Gasteiger partial charge in [-0.1, -0.05) is 0 Å². The van der Waals surface area contributed by atoms with Gasteiger partial charge in [-0.25, -0.2) is 0 Å². The summed E-state index contributed by atoms with van der Waals surface area (Å²) < 4.78 is 0. The van der Waals surface area contributed by atoms with Gasteiger partial charge in [-0.05, 0) is 0 Å². The molecule has 0 rings (SSSR count). The third kappa shape index (κ3) is 11.6. The van der Waals surface area contributed by atoms with Crippen LogP contribution in [0.25, 0.3) is 0 Å². The first-order valence-electron chi connectivity index (χ1n) is 0.333. The molecule has 0 aliphatic carbocycles. The predicted molar refractivity (Wildman–Crippen MR) is 33.3 cm³/mol. The quantitative estimate of drug-likeness (QED) is 0.293. The Kier molecular flexibility index (Phi) is 167. The van der Waals surface area contributed by atoms with Crippen molar-refractivity contribution in [2.45, 2.75) is 0 Å². The second kappa shape index (κ2) is 34.0. The molecular weight excluding hydrogens is 175 g/mol. The number of hydrogen-bond acceptors (Lipinski definition) is 0. The van der Waals surface area contributed by atoms with Gasteiger partial charge in [0.25, 0.3) is 0 Å². The Morgan fingerprint density at radius 1 is 1.25 bits per heavy atom. The molecule has 0 radical (unpaired) electrons. The summed E-state index contributed by atoms with van der Waals surface area (Å²) in [5.41, 5.74) is 0. The molecule has 0 aliphatic rings. The minimum atomic E-state index is 0. The van der Waals surface area contributed by atoms with E-state index in [1.165, 1.54) is 0 Å². The first-order chi connectivity index (χ1) is 1.00. The Morgan fingerprint density at radius 2 is 1.25 bits per heavy atom. The summed E-state index contributed by atoms with van der Waals surface area (Å²) in [5, 5.41) is 0. The van der Waals surface area contributed by atoms with Crippen LogP contribution in [0.1, 0.15) is 2.85 Å². The summed E-state index contributed by atoms with van der Waals surface area (Å²) in [6, 6.07) is 0. The van der Waals surface area contributed by atoms with Crippen LogP contribution in [0.15, 0.2) is 0 Å². The molecule has 0 N–H and O–H groups in total. The summed E-state index contributed by atoms with van der Waals surface area (Å²) in [5.74, 6) is 0. The fourth-order valence-corrected chi connectivity index (χ4v) is 0. The molecule has 0 amide bonds. The maximum atomic E-state index is 4.00. The van der Waals surface area contributed by atoms with Crippen molar-refractivity contribution < 1.29 is 2.85 Å². The van der Waals surface area contributed by atoms with Crippen molar-refractivity contribution in [3.63, 3.8) is 0 Å². The van der Waals surface area contributed by atoms with Crippen molar-refractivity contribution in [3.8, 4) is 12.8 Å². The van der Waals surface area contributed by atoms with Crippen molar-refractivity contribution in [2.75, 3.05) is 0 Å². The van der Waals surface area contributed by atoms with Crippen molar-refractivity contribution >= 4 is 47.0 Å². The van der Waals surface area contributed by atoms with E-state index in [0.717, 1.165) is 0 Å². The zero-order valence-corrected chi connectivity index (χ0v) is 6.01. The third-order valence-corrected chi connectivity index (χ3v) is 0. The van der Waals surface area contributed by atoms with Gasteiger partial charge in [-0.2, -0.15) is 0 Å². The second-order valence-corrected chi connectivity index (χ2v) is 0. The average Bonchev–Trinajstić information content (AvgIpc) is 1.00. The summed E-state index contributed by atoms with van der Waals surface area (Å²) in [7, 11) is 0. The largest absolute Gasteiger partial charge is 2.00 e. The van der Waals surface area contributed by atoms with E-state index >= 15 is 0 Å². The van der Waals surface area contributed by atoms with Gasteiger partial charge in [-0.3, -0.25) is 0 Å². The fraction of sp³-hybridized carbons (Fsp3) is 0. The standard InChI is InChI=1S/C2H2.HI.Mg.2H/c1-2;;;;/h1-2H;1H;;;/q;;+2;2*-1. The fourth-order valence-electron chi connectivity index (χ4n) is 0. The van der Waals surface area contributed by atoms with E-state index in [2.05, 4.69) is 12.8 Å². The zero-order chi connectivity index (χ0) is 2.00. The van der Waals surface area contributed by atoms with Crippen molar-refractivity contribution in [1.82, 2.24) is 0 Å². The molecule has 0 saturated carbocycles. The number of hydrogen-bond donors (Lipinski definition) is 0. The molecule has 0 aliphatic heterocycles. The topological polar surface area (TPSA) is 0 Å². The number of rotatable bonds is 0. The van der Waals surface area contributed by atoms with Crippen LogP contribution in [0.5, 0.6) is 0 Å². The van der Waals surface area contributed by atoms with Gasteiger partial charge >= 0.3 is 23.1 Å². The summed E-state index contributed by atoms with van der Waals surface area (Å²) in [6.07, 6.45) is 8.00. The molecule has 2 heteroatoms. The van der Waals surface area contributed by atoms with E-state index in [-0.39, 0.29) is 49.9 Å². The van der Waals surface area contributed by atoms with Gasteiger partial charge in [-0.15, -0.1) is 36.8 Å². The molecule has 0 unspecified atom stereocenters. The molecular formula is C2H5IMg. The predicted octanol–water partition coefficient (Wildman–Crippen LogP) is 0.712. The monoisotopic (exact) mass is 180 g/mol. The maximum absolute atomic E-state index is 4.00. The van der Waals surface area contributed by atoms with E-state index < -0.39 is 0 Å². The van der Waals surface area contributed by atoms with E-state index in [1.807, 2.05) is 0 Å². The minimum Gasteiger partial charge on any atom is -1.00 e. The molecule has 0 aromatic carbocycles. The Balaban J connectivity index is -0.000000000833. The van der Waals surface area contributed by atoms with Gasteiger partial charge in [0.15, 0.2) is 0 Å². The Morgan fingerprint density at radius 3 is 1.25 bits per heavy atom. The Bertz CT molecular complexity index is 16.3. The Hall–Kier alpha value is 1.06. The van der Waals surface area contributed by atoms with Crippen LogP contribution in [0.4, 0.5) is 0 Å². The molecule has 0 nitrogen and oxygen atoms in total. The normalized spacial score (nSPS) is 0.500. The molecule has 0 spiro atoms. The summed E-state index contributed by atoms with van der Waals surface area (Å²) in [4.78, 5) is 0. The molecule has 0 atom stereocenters. The smallest absolute Gasteiger partial charge is 1.00 e. The second-order valence-electron chi connectivity index (χ2n) is 0. The number of halogens is 1. The van der Waals surface area contributed by atoms with Gasteiger partial charge in [0.2, 0.25) is 0 Å². The number of terminal acetylenes is 1. The average molecular weight is 180 g/mol. The molecule has 0 aromatic rings. The SMILES string of the molecule is C#C.I.[H-].[H-].[Mg+2].